The van der Waals surface area contributed by atoms with Gasteiger partial charge in [0.15, 0.2) is 0 Å². The van der Waals surface area contributed by atoms with E-state index in [0.29, 0.717) is 10.6 Å². The Morgan fingerprint density at radius 2 is 1.88 bits per heavy atom. The predicted molar refractivity (Wildman–Crippen MR) is 83.3 cm³/mol. The Bertz CT molecular complexity index is 787. The van der Waals surface area contributed by atoms with E-state index in [9.17, 15) is 23.1 Å². The largest absolute Gasteiger partial charge is 0.478 e. The molecule has 0 radical (unpaired) electrons. The van der Waals surface area contributed by atoms with Gasteiger partial charge in [-0.25, -0.2) is 9.78 Å². The number of nitrogens with one attached hydrogen (secondary N) is 1. The molecule has 8 heteroatoms. The van der Waals surface area contributed by atoms with Crippen molar-refractivity contribution in [2.24, 2.45) is 0 Å². The minimum atomic E-state index is -4.81. The van der Waals surface area contributed by atoms with Crippen molar-refractivity contribution in [2.75, 3.05) is 5.32 Å². The van der Waals surface area contributed by atoms with Gasteiger partial charge >= 0.3 is 12.1 Å². The standard InChI is InChI=1S/C16H12ClF3N2O2/c17-9-3-1-8(2-4-9)12-7-11(16(18,19)20)13(15(23)24)14(22-12)21-10-5-6-10/h1-4,7,10H,5-6H2,(H,21,22)(H,23,24). The molecule has 0 spiro atoms. The number of aromatic carboxylic acids is 1. The summed E-state index contributed by atoms with van der Waals surface area (Å²) >= 11 is 5.79. The van der Waals surface area contributed by atoms with Crippen molar-refractivity contribution in [1.82, 2.24) is 4.98 Å². The number of rotatable bonds is 4. The van der Waals surface area contributed by atoms with Gasteiger partial charge in [0.1, 0.15) is 11.4 Å². The zero-order valence-electron chi connectivity index (χ0n) is 12.2. The molecule has 0 amide bonds. The summed E-state index contributed by atoms with van der Waals surface area (Å²) in [5, 5.41) is 12.5. The summed E-state index contributed by atoms with van der Waals surface area (Å²) in [6.45, 7) is 0. The van der Waals surface area contributed by atoms with E-state index in [2.05, 4.69) is 10.3 Å². The van der Waals surface area contributed by atoms with Crippen LogP contribution >= 0.6 is 11.6 Å². The van der Waals surface area contributed by atoms with Crippen LogP contribution in [0.25, 0.3) is 11.3 Å². The van der Waals surface area contributed by atoms with Crippen LogP contribution in [0.5, 0.6) is 0 Å². The Morgan fingerprint density at radius 3 is 2.38 bits per heavy atom. The third kappa shape index (κ3) is 3.46. The highest BCUT2D eigenvalue weighted by molar-refractivity contribution is 6.30. The second-order valence-electron chi connectivity index (χ2n) is 5.51. The fraction of sp³-hybridized carbons (Fsp3) is 0.250. The van der Waals surface area contributed by atoms with Crippen LogP contribution in [0.2, 0.25) is 5.02 Å². The molecule has 1 aliphatic carbocycles. The number of pyridine rings is 1. The number of halogens is 4. The molecule has 0 bridgehead atoms. The molecule has 1 aliphatic rings. The lowest BCUT2D eigenvalue weighted by molar-refractivity contribution is -0.138. The average Bonchev–Trinajstić information content (AvgIpc) is 3.30. The normalized spacial score (nSPS) is 14.5. The van der Waals surface area contributed by atoms with Gasteiger partial charge in [0.2, 0.25) is 0 Å². The summed E-state index contributed by atoms with van der Waals surface area (Å²) in [5.41, 5.74) is -1.63. The number of anilines is 1. The van der Waals surface area contributed by atoms with Crippen LogP contribution in [0.1, 0.15) is 28.8 Å². The van der Waals surface area contributed by atoms with Crippen molar-refractivity contribution in [3.05, 3.63) is 46.5 Å². The van der Waals surface area contributed by atoms with Crippen molar-refractivity contribution in [2.45, 2.75) is 25.1 Å². The smallest absolute Gasteiger partial charge is 0.417 e. The minimum Gasteiger partial charge on any atom is -0.478 e. The molecule has 3 rings (SSSR count). The van der Waals surface area contributed by atoms with Crippen LogP contribution in [0, 0.1) is 0 Å². The van der Waals surface area contributed by atoms with Crippen molar-refractivity contribution in [3.8, 4) is 11.3 Å². The van der Waals surface area contributed by atoms with Crippen molar-refractivity contribution in [3.63, 3.8) is 0 Å². The van der Waals surface area contributed by atoms with E-state index >= 15 is 0 Å². The van der Waals surface area contributed by atoms with Crippen LogP contribution in [0.15, 0.2) is 30.3 Å². The lowest BCUT2D eigenvalue weighted by atomic mass is 10.0. The first-order valence-corrected chi connectivity index (χ1v) is 7.51. The summed E-state index contributed by atoms with van der Waals surface area (Å²) in [5.74, 6) is -1.93. The molecule has 0 atom stereocenters. The summed E-state index contributed by atoms with van der Waals surface area (Å²) in [7, 11) is 0. The van der Waals surface area contributed by atoms with E-state index in [1.165, 1.54) is 24.3 Å². The minimum absolute atomic E-state index is 0.0344. The molecule has 1 heterocycles. The molecule has 0 aliphatic heterocycles. The topological polar surface area (TPSA) is 62.2 Å². The number of hydrogen-bond acceptors (Lipinski definition) is 3. The fourth-order valence-electron chi connectivity index (χ4n) is 2.28. The number of carbonyl (C=O) groups is 1. The van der Waals surface area contributed by atoms with Crippen LogP contribution in [-0.4, -0.2) is 22.1 Å². The number of hydrogen-bond donors (Lipinski definition) is 2. The maximum atomic E-state index is 13.4. The molecule has 4 nitrogen and oxygen atoms in total. The number of alkyl halides is 3. The van der Waals surface area contributed by atoms with E-state index in [4.69, 9.17) is 11.6 Å². The molecule has 24 heavy (non-hydrogen) atoms. The Morgan fingerprint density at radius 1 is 1.25 bits per heavy atom. The maximum absolute atomic E-state index is 13.4. The Labute approximate surface area is 140 Å². The van der Waals surface area contributed by atoms with Gasteiger partial charge in [-0.2, -0.15) is 13.2 Å². The fourth-order valence-corrected chi connectivity index (χ4v) is 2.41. The van der Waals surface area contributed by atoms with Gasteiger partial charge in [0, 0.05) is 16.6 Å². The van der Waals surface area contributed by atoms with Crippen molar-refractivity contribution >= 4 is 23.4 Å². The molecule has 126 valence electrons. The summed E-state index contributed by atoms with van der Waals surface area (Å²) < 4.78 is 40.1. The molecule has 2 N–H and O–H groups in total. The van der Waals surface area contributed by atoms with E-state index in [1.54, 1.807) is 0 Å². The number of carboxylic acid groups (broad SMARTS) is 1. The van der Waals surface area contributed by atoms with Gasteiger partial charge < -0.3 is 10.4 Å². The molecule has 0 unspecified atom stereocenters. The highest BCUT2D eigenvalue weighted by Crippen LogP contribution is 2.38. The van der Waals surface area contributed by atoms with Gasteiger partial charge in [-0.1, -0.05) is 23.7 Å². The van der Waals surface area contributed by atoms with Gasteiger partial charge in [0.25, 0.3) is 0 Å². The third-order valence-electron chi connectivity index (χ3n) is 3.60. The summed E-state index contributed by atoms with van der Waals surface area (Å²) in [6.07, 6.45) is -3.27. The van der Waals surface area contributed by atoms with E-state index in [-0.39, 0.29) is 17.6 Å². The quantitative estimate of drug-likeness (QED) is 0.834. The number of carboxylic acids is 1. The van der Waals surface area contributed by atoms with Crippen LogP contribution in [-0.2, 0) is 6.18 Å². The monoisotopic (exact) mass is 356 g/mol. The number of benzene rings is 1. The van der Waals surface area contributed by atoms with Gasteiger partial charge in [-0.05, 0) is 31.0 Å². The molecule has 1 aromatic carbocycles. The van der Waals surface area contributed by atoms with Gasteiger partial charge in [0.05, 0.1) is 11.3 Å². The summed E-state index contributed by atoms with van der Waals surface area (Å²) in [6, 6.07) is 6.84. The molecular formula is C16H12ClF3N2O2. The lowest BCUT2D eigenvalue weighted by Crippen LogP contribution is -2.18. The van der Waals surface area contributed by atoms with E-state index < -0.39 is 23.3 Å². The highest BCUT2D eigenvalue weighted by Gasteiger charge is 2.39. The van der Waals surface area contributed by atoms with Crippen LogP contribution in [0.3, 0.4) is 0 Å². The average molecular weight is 357 g/mol. The third-order valence-corrected chi connectivity index (χ3v) is 3.85. The Balaban J connectivity index is 2.19. The van der Waals surface area contributed by atoms with E-state index in [0.717, 1.165) is 18.9 Å². The molecule has 1 fully saturated rings. The van der Waals surface area contributed by atoms with Crippen LogP contribution in [0.4, 0.5) is 19.0 Å². The lowest BCUT2D eigenvalue weighted by Gasteiger charge is -2.16. The Kier molecular flexibility index (Phi) is 4.13. The zero-order valence-corrected chi connectivity index (χ0v) is 12.9. The number of nitrogens with zero attached hydrogens (tertiary/aromatic N) is 1. The van der Waals surface area contributed by atoms with Gasteiger partial charge in [-0.15, -0.1) is 0 Å². The second-order valence-corrected chi connectivity index (χ2v) is 5.94. The number of aromatic nitrogens is 1. The van der Waals surface area contributed by atoms with Crippen molar-refractivity contribution < 1.29 is 23.1 Å². The molecule has 1 aromatic heterocycles. The maximum Gasteiger partial charge on any atom is 0.417 e. The molecule has 1 saturated carbocycles. The molecule has 0 saturated heterocycles. The Hall–Kier alpha value is -2.28. The highest BCUT2D eigenvalue weighted by atomic mass is 35.5. The first kappa shape index (κ1) is 16.6. The second kappa shape index (κ2) is 5.98. The van der Waals surface area contributed by atoms with Crippen molar-refractivity contribution in [1.29, 1.82) is 0 Å². The molecule has 2 aromatic rings. The van der Waals surface area contributed by atoms with E-state index in [1.807, 2.05) is 0 Å². The SMILES string of the molecule is O=C(O)c1c(C(F)(F)F)cc(-c2ccc(Cl)cc2)nc1NC1CC1. The first-order valence-electron chi connectivity index (χ1n) is 7.13. The van der Waals surface area contributed by atoms with Crippen LogP contribution < -0.4 is 5.32 Å². The zero-order chi connectivity index (χ0) is 17.5. The predicted octanol–water partition coefficient (Wildman–Crippen LogP) is 4.69. The summed E-state index contributed by atoms with van der Waals surface area (Å²) in [4.78, 5) is 15.5. The van der Waals surface area contributed by atoms with Gasteiger partial charge in [-0.3, -0.25) is 0 Å². The first-order chi connectivity index (χ1) is 11.3. The molecular weight excluding hydrogens is 345 g/mol.